The van der Waals surface area contributed by atoms with E-state index in [-0.39, 0.29) is 18.8 Å². The first kappa shape index (κ1) is 27.5. The zero-order valence-electron chi connectivity index (χ0n) is 18.4. The molecule has 0 saturated carbocycles. The highest BCUT2D eigenvalue weighted by Gasteiger charge is 2.31. The Kier molecular flexibility index (Phi) is 10.9. The molecule has 1 aromatic rings. The van der Waals surface area contributed by atoms with E-state index in [1.807, 2.05) is 0 Å². The fraction of sp³-hybridized carbons (Fsp3) is 0.579. The van der Waals surface area contributed by atoms with Crippen molar-refractivity contribution >= 4 is 29.6 Å². The maximum absolute atomic E-state index is 12.9. The number of carbonyl (C=O) groups is 5. The number of aliphatic hydroxyl groups excluding tert-OH is 1. The number of nitrogens with zero attached hydrogens (tertiary/aromatic N) is 1. The third-order valence-electron chi connectivity index (χ3n) is 4.51. The van der Waals surface area contributed by atoms with Gasteiger partial charge in [0.15, 0.2) is 0 Å². The van der Waals surface area contributed by atoms with Crippen molar-refractivity contribution in [3.63, 3.8) is 0 Å². The number of hydrogen-bond donors (Lipinski definition) is 8. The van der Waals surface area contributed by atoms with Crippen LogP contribution in [0.4, 0.5) is 0 Å². The molecular weight excluding hydrogens is 438 g/mol. The first-order valence-corrected chi connectivity index (χ1v) is 10.2. The number of aromatic amines is 1. The minimum atomic E-state index is -1.48. The Bertz CT molecular complexity index is 828. The fourth-order valence-corrected chi connectivity index (χ4v) is 2.84. The summed E-state index contributed by atoms with van der Waals surface area (Å²) in [6.07, 6.45) is 2.25. The first-order valence-electron chi connectivity index (χ1n) is 10.2. The summed E-state index contributed by atoms with van der Waals surface area (Å²) in [5, 5.41) is 25.4. The molecule has 14 heteroatoms. The number of nitrogens with two attached hydrogens (primary N) is 2. The molecule has 0 aromatic carbocycles. The summed E-state index contributed by atoms with van der Waals surface area (Å²) in [6, 6.07) is -5.28. The highest BCUT2D eigenvalue weighted by molar-refractivity contribution is 5.96. The number of primary amides is 1. The number of rotatable bonds is 14. The molecule has 1 heterocycles. The van der Waals surface area contributed by atoms with Crippen LogP contribution in [0.1, 0.15) is 32.4 Å². The lowest BCUT2D eigenvalue weighted by molar-refractivity contribution is -0.143. The Hall–Kier alpha value is -3.52. The molecule has 0 bridgehead atoms. The maximum Gasteiger partial charge on any atom is 0.326 e. The Morgan fingerprint density at radius 3 is 2.09 bits per heavy atom. The van der Waals surface area contributed by atoms with E-state index in [0.29, 0.717) is 5.69 Å². The minimum Gasteiger partial charge on any atom is -0.480 e. The molecular formula is C19H31N7O7. The molecule has 4 atom stereocenters. The van der Waals surface area contributed by atoms with Gasteiger partial charge in [-0.05, 0) is 12.3 Å². The van der Waals surface area contributed by atoms with Crippen molar-refractivity contribution in [1.82, 2.24) is 25.9 Å². The number of carboxylic acids is 1. The molecule has 4 amide bonds. The molecule has 14 nitrogen and oxygen atoms in total. The molecule has 0 aliphatic heterocycles. The van der Waals surface area contributed by atoms with Crippen LogP contribution in [0.3, 0.4) is 0 Å². The van der Waals surface area contributed by atoms with Gasteiger partial charge in [-0.25, -0.2) is 9.78 Å². The standard InChI is InChI=1S/C19H31N7O7/c1-9(2)3-14(19(32)33)26-17(30)12(4-10-6-22-8-23-10)25-18(31)13(5-15(21)28)24-16(29)11(20)7-27/h6,8-9,11-14,27H,3-5,7,20H2,1-2H3,(H2,21,28)(H,22,23)(H,24,29)(H,25,31)(H,26,30)(H,32,33). The fourth-order valence-electron chi connectivity index (χ4n) is 2.84. The van der Waals surface area contributed by atoms with E-state index in [0.717, 1.165) is 0 Å². The quantitative estimate of drug-likeness (QED) is 0.136. The Morgan fingerprint density at radius 2 is 1.61 bits per heavy atom. The second kappa shape index (κ2) is 13.1. The molecule has 0 aliphatic carbocycles. The summed E-state index contributed by atoms with van der Waals surface area (Å²) >= 11 is 0. The van der Waals surface area contributed by atoms with E-state index in [1.54, 1.807) is 13.8 Å². The average molecular weight is 469 g/mol. The molecule has 4 unspecified atom stereocenters. The number of imidazole rings is 1. The van der Waals surface area contributed by atoms with Gasteiger partial charge in [-0.1, -0.05) is 13.8 Å². The van der Waals surface area contributed by atoms with E-state index in [1.165, 1.54) is 12.5 Å². The summed E-state index contributed by atoms with van der Waals surface area (Å²) in [4.78, 5) is 67.2. The van der Waals surface area contributed by atoms with Crippen LogP contribution < -0.4 is 27.4 Å². The predicted molar refractivity (Wildman–Crippen MR) is 114 cm³/mol. The van der Waals surface area contributed by atoms with Crippen molar-refractivity contribution in [2.24, 2.45) is 17.4 Å². The number of nitrogens with one attached hydrogen (secondary N) is 4. The molecule has 1 aromatic heterocycles. The molecule has 0 radical (unpaired) electrons. The normalized spacial score (nSPS) is 14.6. The minimum absolute atomic E-state index is 0.0297. The van der Waals surface area contributed by atoms with Gasteiger partial charge < -0.3 is 42.6 Å². The Morgan fingerprint density at radius 1 is 1.03 bits per heavy atom. The number of aromatic nitrogens is 2. The van der Waals surface area contributed by atoms with Crippen molar-refractivity contribution in [3.05, 3.63) is 18.2 Å². The summed E-state index contributed by atoms with van der Waals surface area (Å²) in [7, 11) is 0. The summed E-state index contributed by atoms with van der Waals surface area (Å²) in [6.45, 7) is 2.88. The monoisotopic (exact) mass is 469 g/mol. The van der Waals surface area contributed by atoms with Gasteiger partial charge in [0.25, 0.3) is 0 Å². The van der Waals surface area contributed by atoms with Crippen molar-refractivity contribution in [3.8, 4) is 0 Å². The smallest absolute Gasteiger partial charge is 0.326 e. The molecule has 33 heavy (non-hydrogen) atoms. The molecule has 0 spiro atoms. The van der Waals surface area contributed by atoms with Gasteiger partial charge >= 0.3 is 5.97 Å². The molecule has 0 fully saturated rings. The van der Waals surface area contributed by atoms with E-state index < -0.39 is 66.8 Å². The first-order chi connectivity index (χ1) is 15.4. The van der Waals surface area contributed by atoms with Crippen molar-refractivity contribution in [2.75, 3.05) is 6.61 Å². The van der Waals surface area contributed by atoms with Crippen LogP contribution in [-0.2, 0) is 30.4 Å². The number of amides is 4. The van der Waals surface area contributed by atoms with Crippen LogP contribution in [0.2, 0.25) is 0 Å². The van der Waals surface area contributed by atoms with Crippen LogP contribution in [0.15, 0.2) is 12.5 Å². The van der Waals surface area contributed by atoms with Crippen LogP contribution in [0.5, 0.6) is 0 Å². The lowest BCUT2D eigenvalue weighted by atomic mass is 10.0. The van der Waals surface area contributed by atoms with Crippen molar-refractivity contribution in [1.29, 1.82) is 0 Å². The molecule has 0 aliphatic rings. The maximum atomic E-state index is 12.9. The third kappa shape index (κ3) is 9.65. The Balaban J connectivity index is 3.07. The highest BCUT2D eigenvalue weighted by Crippen LogP contribution is 2.07. The molecule has 184 valence electrons. The van der Waals surface area contributed by atoms with E-state index >= 15 is 0 Å². The second-order valence-electron chi connectivity index (χ2n) is 7.89. The topological polar surface area (TPSA) is 243 Å². The molecule has 10 N–H and O–H groups in total. The zero-order valence-corrected chi connectivity index (χ0v) is 18.4. The van der Waals surface area contributed by atoms with Gasteiger partial charge in [0.2, 0.25) is 23.6 Å². The number of carboxylic acid groups (broad SMARTS) is 1. The van der Waals surface area contributed by atoms with Gasteiger partial charge in [0.05, 0.1) is 19.4 Å². The summed E-state index contributed by atoms with van der Waals surface area (Å²) < 4.78 is 0. The van der Waals surface area contributed by atoms with Gasteiger partial charge in [-0.2, -0.15) is 0 Å². The van der Waals surface area contributed by atoms with Gasteiger partial charge in [0.1, 0.15) is 24.2 Å². The molecule has 0 saturated heterocycles. The van der Waals surface area contributed by atoms with Crippen LogP contribution in [-0.4, -0.2) is 80.6 Å². The summed E-state index contributed by atoms with van der Waals surface area (Å²) in [5.41, 5.74) is 11.0. The average Bonchev–Trinajstić information content (AvgIpc) is 3.23. The number of H-pyrrole nitrogens is 1. The van der Waals surface area contributed by atoms with Gasteiger partial charge in [-0.15, -0.1) is 0 Å². The van der Waals surface area contributed by atoms with Crippen LogP contribution >= 0.6 is 0 Å². The number of aliphatic carboxylic acids is 1. The van der Waals surface area contributed by atoms with Crippen LogP contribution in [0.25, 0.3) is 0 Å². The number of aliphatic hydroxyl groups is 1. The lowest BCUT2D eigenvalue weighted by Crippen LogP contribution is -2.58. The predicted octanol–water partition coefficient (Wildman–Crippen LogP) is -3.27. The van der Waals surface area contributed by atoms with Gasteiger partial charge in [-0.3, -0.25) is 19.2 Å². The van der Waals surface area contributed by atoms with E-state index in [2.05, 4.69) is 25.9 Å². The van der Waals surface area contributed by atoms with E-state index in [9.17, 15) is 29.1 Å². The molecule has 1 rings (SSSR count). The highest BCUT2D eigenvalue weighted by atomic mass is 16.4. The van der Waals surface area contributed by atoms with Crippen LogP contribution in [0, 0.1) is 5.92 Å². The Labute approximate surface area is 189 Å². The van der Waals surface area contributed by atoms with Crippen molar-refractivity contribution < 1.29 is 34.2 Å². The van der Waals surface area contributed by atoms with Gasteiger partial charge in [0, 0.05) is 18.3 Å². The lowest BCUT2D eigenvalue weighted by Gasteiger charge is -2.25. The third-order valence-corrected chi connectivity index (χ3v) is 4.51. The number of carbonyl (C=O) groups excluding carboxylic acids is 4. The van der Waals surface area contributed by atoms with Crippen molar-refractivity contribution in [2.45, 2.75) is 57.3 Å². The zero-order chi connectivity index (χ0) is 25.1. The van der Waals surface area contributed by atoms with E-state index in [4.69, 9.17) is 16.6 Å². The SMILES string of the molecule is CC(C)CC(NC(=O)C(Cc1cnc[nH]1)NC(=O)C(CC(N)=O)NC(=O)C(N)CO)C(=O)O. The summed E-state index contributed by atoms with van der Waals surface area (Å²) in [5.74, 6) is -4.80. The number of hydrogen-bond acceptors (Lipinski definition) is 8. The second-order valence-corrected chi connectivity index (χ2v) is 7.89. The largest absolute Gasteiger partial charge is 0.480 e.